The quantitative estimate of drug-likeness (QED) is 0.826. The van der Waals surface area contributed by atoms with Crippen molar-refractivity contribution < 1.29 is 5.11 Å². The van der Waals surface area contributed by atoms with Crippen molar-refractivity contribution >= 4 is 0 Å². The van der Waals surface area contributed by atoms with Crippen LogP contribution >= 0.6 is 0 Å². The van der Waals surface area contributed by atoms with Crippen molar-refractivity contribution in [2.75, 3.05) is 6.61 Å². The summed E-state index contributed by atoms with van der Waals surface area (Å²) < 4.78 is 2.55. The summed E-state index contributed by atoms with van der Waals surface area (Å²) >= 11 is 0. The van der Waals surface area contributed by atoms with E-state index in [4.69, 9.17) is 5.11 Å². The second-order valence-corrected chi connectivity index (χ2v) is 4.61. The monoisotopic (exact) mass is 284 g/mol. The third kappa shape index (κ3) is 3.71. The number of aliphatic hydroxyl groups excluding tert-OH is 1. The first-order chi connectivity index (χ1) is 10.1. The standard InChI is InChI=1S/C16H16N2O3/c1-17-9-8-15(20)18(16(17)21)12-14-7-4-6-13(11-14)5-2-3-10-19/h4,6-9,11,19H,3,10,12H2,1H3. The van der Waals surface area contributed by atoms with Crippen LogP contribution in [-0.2, 0) is 13.6 Å². The van der Waals surface area contributed by atoms with Gasteiger partial charge in [0.2, 0.25) is 0 Å². The van der Waals surface area contributed by atoms with Crippen LogP contribution in [0, 0.1) is 11.8 Å². The maximum atomic E-state index is 12.0. The summed E-state index contributed by atoms with van der Waals surface area (Å²) in [6.07, 6.45) is 1.88. The predicted molar refractivity (Wildman–Crippen MR) is 80.1 cm³/mol. The van der Waals surface area contributed by atoms with Gasteiger partial charge in [-0.1, -0.05) is 24.0 Å². The van der Waals surface area contributed by atoms with Crippen molar-refractivity contribution in [1.82, 2.24) is 9.13 Å². The van der Waals surface area contributed by atoms with Crippen molar-refractivity contribution in [2.24, 2.45) is 7.05 Å². The van der Waals surface area contributed by atoms with Crippen molar-refractivity contribution in [3.8, 4) is 11.8 Å². The minimum atomic E-state index is -0.348. The average molecular weight is 284 g/mol. The van der Waals surface area contributed by atoms with Gasteiger partial charge in [-0.25, -0.2) is 4.79 Å². The maximum Gasteiger partial charge on any atom is 0.331 e. The van der Waals surface area contributed by atoms with E-state index in [1.165, 1.54) is 21.4 Å². The van der Waals surface area contributed by atoms with Crippen molar-refractivity contribution in [3.63, 3.8) is 0 Å². The molecule has 5 heteroatoms. The van der Waals surface area contributed by atoms with Crippen molar-refractivity contribution in [1.29, 1.82) is 0 Å². The highest BCUT2D eigenvalue weighted by Gasteiger charge is 2.04. The molecule has 21 heavy (non-hydrogen) atoms. The SMILES string of the molecule is Cn1ccc(=O)n(Cc2cccc(C#CCCO)c2)c1=O. The molecule has 0 unspecified atom stereocenters. The zero-order chi connectivity index (χ0) is 15.2. The first-order valence-corrected chi connectivity index (χ1v) is 6.57. The molecule has 0 spiro atoms. The third-order valence-corrected chi connectivity index (χ3v) is 2.98. The number of benzene rings is 1. The first kappa shape index (κ1) is 14.8. The average Bonchev–Trinajstić information content (AvgIpc) is 2.48. The molecule has 0 amide bonds. The second kappa shape index (κ2) is 6.73. The van der Waals surface area contributed by atoms with Gasteiger partial charge in [-0.15, -0.1) is 0 Å². The van der Waals surface area contributed by atoms with Crippen LogP contribution in [0.5, 0.6) is 0 Å². The summed E-state index contributed by atoms with van der Waals surface area (Å²) in [4.78, 5) is 23.7. The number of hydrogen-bond donors (Lipinski definition) is 1. The minimum Gasteiger partial charge on any atom is -0.395 e. The fraction of sp³-hybridized carbons (Fsp3) is 0.250. The van der Waals surface area contributed by atoms with E-state index in [0.717, 1.165) is 11.1 Å². The summed E-state index contributed by atoms with van der Waals surface area (Å²) in [7, 11) is 1.61. The Morgan fingerprint density at radius 3 is 2.81 bits per heavy atom. The van der Waals surface area contributed by atoms with E-state index in [-0.39, 0.29) is 24.4 Å². The van der Waals surface area contributed by atoms with Gasteiger partial charge in [0.15, 0.2) is 0 Å². The number of nitrogens with zero attached hydrogens (tertiary/aromatic N) is 2. The topological polar surface area (TPSA) is 64.2 Å². The summed E-state index contributed by atoms with van der Waals surface area (Å²) in [5, 5.41) is 8.70. The normalized spacial score (nSPS) is 10.0. The Balaban J connectivity index is 2.32. The molecular weight excluding hydrogens is 268 g/mol. The Labute approximate surface area is 122 Å². The molecule has 2 rings (SSSR count). The van der Waals surface area contributed by atoms with E-state index in [1.807, 2.05) is 24.3 Å². The molecule has 2 aromatic rings. The molecule has 0 saturated carbocycles. The minimum absolute atomic E-state index is 0.0299. The lowest BCUT2D eigenvalue weighted by molar-refractivity contribution is 0.305. The molecule has 1 heterocycles. The van der Waals surface area contributed by atoms with E-state index < -0.39 is 0 Å². The lowest BCUT2D eigenvalue weighted by Crippen LogP contribution is -2.38. The van der Waals surface area contributed by atoms with E-state index in [1.54, 1.807) is 7.05 Å². The molecule has 108 valence electrons. The van der Waals surface area contributed by atoms with E-state index in [0.29, 0.717) is 6.42 Å². The lowest BCUT2D eigenvalue weighted by Gasteiger charge is -2.06. The van der Waals surface area contributed by atoms with Gasteiger partial charge in [-0.2, -0.15) is 0 Å². The second-order valence-electron chi connectivity index (χ2n) is 4.61. The Bertz CT molecular complexity index is 806. The largest absolute Gasteiger partial charge is 0.395 e. The Morgan fingerprint density at radius 1 is 1.24 bits per heavy atom. The predicted octanol–water partition coefficient (Wildman–Crippen LogP) is 0.329. The molecule has 0 radical (unpaired) electrons. The number of rotatable bonds is 3. The summed E-state index contributed by atoms with van der Waals surface area (Å²) in [6.45, 7) is 0.240. The fourth-order valence-corrected chi connectivity index (χ4v) is 1.91. The van der Waals surface area contributed by atoms with Gasteiger partial charge in [-0.3, -0.25) is 9.36 Å². The molecule has 0 aliphatic heterocycles. The summed E-state index contributed by atoms with van der Waals surface area (Å²) in [6, 6.07) is 8.72. The molecule has 0 atom stereocenters. The van der Waals surface area contributed by atoms with Gasteiger partial charge in [0.25, 0.3) is 5.56 Å². The van der Waals surface area contributed by atoms with Crippen LogP contribution in [0.4, 0.5) is 0 Å². The van der Waals surface area contributed by atoms with Crippen LogP contribution < -0.4 is 11.2 Å². The highest BCUT2D eigenvalue weighted by atomic mass is 16.2. The maximum absolute atomic E-state index is 12.0. The van der Waals surface area contributed by atoms with Crippen LogP contribution in [-0.4, -0.2) is 20.8 Å². The molecule has 1 aromatic heterocycles. The molecule has 0 saturated heterocycles. The Morgan fingerprint density at radius 2 is 2.05 bits per heavy atom. The molecule has 0 aliphatic carbocycles. The van der Waals surface area contributed by atoms with Crippen LogP contribution in [0.3, 0.4) is 0 Å². The van der Waals surface area contributed by atoms with Crippen molar-refractivity contribution in [2.45, 2.75) is 13.0 Å². The first-order valence-electron chi connectivity index (χ1n) is 6.57. The molecule has 5 nitrogen and oxygen atoms in total. The Kier molecular flexibility index (Phi) is 4.75. The zero-order valence-electron chi connectivity index (χ0n) is 11.7. The molecule has 0 aliphatic rings. The van der Waals surface area contributed by atoms with E-state index >= 15 is 0 Å². The van der Waals surface area contributed by atoms with Crippen LogP contribution in [0.1, 0.15) is 17.5 Å². The van der Waals surface area contributed by atoms with Gasteiger partial charge in [0.05, 0.1) is 13.2 Å². The number of aromatic nitrogens is 2. The lowest BCUT2D eigenvalue weighted by atomic mass is 10.1. The molecule has 1 N–H and O–H groups in total. The van der Waals surface area contributed by atoms with E-state index in [9.17, 15) is 9.59 Å². The molecule has 0 fully saturated rings. The van der Waals surface area contributed by atoms with Crippen molar-refractivity contribution in [3.05, 3.63) is 68.5 Å². The van der Waals surface area contributed by atoms with Gasteiger partial charge in [0, 0.05) is 31.3 Å². The zero-order valence-corrected chi connectivity index (χ0v) is 11.7. The van der Waals surface area contributed by atoms with E-state index in [2.05, 4.69) is 11.8 Å². The van der Waals surface area contributed by atoms with Crippen LogP contribution in [0.25, 0.3) is 0 Å². The highest BCUT2D eigenvalue weighted by Crippen LogP contribution is 2.04. The highest BCUT2D eigenvalue weighted by molar-refractivity contribution is 5.37. The van der Waals surface area contributed by atoms with Gasteiger partial charge in [-0.05, 0) is 17.7 Å². The Hall–Kier alpha value is -2.58. The smallest absolute Gasteiger partial charge is 0.331 e. The molecule has 0 bridgehead atoms. The van der Waals surface area contributed by atoms with Gasteiger partial charge in [0.1, 0.15) is 0 Å². The number of hydrogen-bond acceptors (Lipinski definition) is 3. The number of aliphatic hydroxyl groups is 1. The van der Waals surface area contributed by atoms with Gasteiger partial charge >= 0.3 is 5.69 Å². The van der Waals surface area contributed by atoms with Crippen LogP contribution in [0.2, 0.25) is 0 Å². The summed E-state index contributed by atoms with van der Waals surface area (Å²) in [5.41, 5.74) is 0.951. The third-order valence-electron chi connectivity index (χ3n) is 2.98. The number of aryl methyl sites for hydroxylation is 1. The molecular formula is C16H16N2O3. The van der Waals surface area contributed by atoms with Crippen LogP contribution in [0.15, 0.2) is 46.1 Å². The molecule has 1 aromatic carbocycles. The summed E-state index contributed by atoms with van der Waals surface area (Å²) in [5.74, 6) is 5.77. The fourth-order valence-electron chi connectivity index (χ4n) is 1.91. The van der Waals surface area contributed by atoms with Gasteiger partial charge < -0.3 is 9.67 Å².